The summed E-state index contributed by atoms with van der Waals surface area (Å²) in [4.78, 5) is 4.22. The zero-order chi connectivity index (χ0) is 15.2. The van der Waals surface area contributed by atoms with Crippen LogP contribution in [0.25, 0.3) is 16.7 Å². The summed E-state index contributed by atoms with van der Waals surface area (Å²) in [6, 6.07) is 10.5. The first kappa shape index (κ1) is 13.5. The summed E-state index contributed by atoms with van der Waals surface area (Å²) >= 11 is 0. The molecule has 0 aliphatic heterocycles. The molecule has 108 valence electrons. The molecule has 0 amide bonds. The van der Waals surface area contributed by atoms with Gasteiger partial charge in [0.25, 0.3) is 0 Å². The summed E-state index contributed by atoms with van der Waals surface area (Å²) in [7, 11) is 0. The molecule has 0 saturated heterocycles. The monoisotopic (exact) mass is 291 g/mol. The smallest absolute Gasteiger partial charge is 0.369 e. The summed E-state index contributed by atoms with van der Waals surface area (Å²) in [5, 5.41) is 0. The highest BCUT2D eigenvalue weighted by Gasteiger charge is 2.30. The molecule has 0 bridgehead atoms. The van der Waals surface area contributed by atoms with Crippen molar-refractivity contribution in [2.75, 3.05) is 5.73 Å². The van der Waals surface area contributed by atoms with Crippen LogP contribution in [0.2, 0.25) is 0 Å². The molecule has 3 nitrogen and oxygen atoms in total. The van der Waals surface area contributed by atoms with E-state index in [2.05, 4.69) is 4.98 Å². The molecule has 2 N–H and O–H groups in total. The first-order valence-electron chi connectivity index (χ1n) is 6.28. The molecule has 6 heteroatoms. The van der Waals surface area contributed by atoms with Crippen LogP contribution < -0.4 is 5.73 Å². The van der Waals surface area contributed by atoms with Crippen molar-refractivity contribution in [1.82, 2.24) is 9.55 Å². The summed E-state index contributed by atoms with van der Waals surface area (Å²) in [5.41, 5.74) is 8.25. The Balaban J connectivity index is 2.16. The zero-order valence-corrected chi connectivity index (χ0v) is 11.1. The molecule has 0 spiro atoms. The Morgan fingerprint density at radius 2 is 1.71 bits per heavy atom. The number of nitrogen functional groups attached to an aromatic ring is 1. The molecular weight excluding hydrogens is 279 g/mol. The van der Waals surface area contributed by atoms with E-state index in [0.29, 0.717) is 11.2 Å². The second kappa shape index (κ2) is 4.51. The van der Waals surface area contributed by atoms with Gasteiger partial charge in [-0.1, -0.05) is 6.07 Å². The Labute approximate surface area is 118 Å². The number of halogens is 3. The van der Waals surface area contributed by atoms with E-state index in [-0.39, 0.29) is 5.95 Å². The number of aryl methyl sites for hydroxylation is 1. The predicted molar refractivity (Wildman–Crippen MR) is 75.2 cm³/mol. The fourth-order valence-electron chi connectivity index (χ4n) is 2.27. The maximum Gasteiger partial charge on any atom is 0.416 e. The lowest BCUT2D eigenvalue weighted by Crippen LogP contribution is -2.06. The van der Waals surface area contributed by atoms with Gasteiger partial charge in [0.15, 0.2) is 0 Å². The lowest BCUT2D eigenvalue weighted by Gasteiger charge is -2.10. The Bertz CT molecular complexity index is 801. The SMILES string of the molecule is Cc1ccc2nc(N)n(-c3ccc(C(F)(F)F)cc3)c2c1. The number of fused-ring (bicyclic) bond motifs is 1. The van der Waals surface area contributed by atoms with E-state index in [4.69, 9.17) is 5.73 Å². The van der Waals surface area contributed by atoms with Gasteiger partial charge >= 0.3 is 6.18 Å². The number of alkyl halides is 3. The maximum absolute atomic E-state index is 12.6. The van der Waals surface area contributed by atoms with E-state index in [1.165, 1.54) is 12.1 Å². The maximum atomic E-state index is 12.6. The molecule has 0 atom stereocenters. The third-order valence-electron chi connectivity index (χ3n) is 3.29. The van der Waals surface area contributed by atoms with Crippen molar-refractivity contribution in [3.05, 3.63) is 53.6 Å². The zero-order valence-electron chi connectivity index (χ0n) is 11.1. The molecule has 21 heavy (non-hydrogen) atoms. The van der Waals surface area contributed by atoms with Crippen LogP contribution in [0.15, 0.2) is 42.5 Å². The molecule has 3 aromatic rings. The number of anilines is 1. The summed E-state index contributed by atoms with van der Waals surface area (Å²) < 4.78 is 39.5. The first-order valence-corrected chi connectivity index (χ1v) is 6.28. The molecule has 0 aliphatic rings. The fraction of sp³-hybridized carbons (Fsp3) is 0.133. The number of nitrogens with zero attached hydrogens (tertiary/aromatic N) is 2. The molecule has 1 aromatic heterocycles. The Kier molecular flexibility index (Phi) is 2.90. The van der Waals surface area contributed by atoms with Gasteiger partial charge in [0, 0.05) is 5.69 Å². The largest absolute Gasteiger partial charge is 0.416 e. The van der Waals surface area contributed by atoms with Gasteiger partial charge in [0.05, 0.1) is 16.6 Å². The summed E-state index contributed by atoms with van der Waals surface area (Å²) in [6.45, 7) is 1.93. The number of hydrogen-bond acceptors (Lipinski definition) is 2. The van der Waals surface area contributed by atoms with E-state index < -0.39 is 11.7 Å². The van der Waals surface area contributed by atoms with Crippen molar-refractivity contribution in [3.63, 3.8) is 0 Å². The minimum absolute atomic E-state index is 0.246. The third kappa shape index (κ3) is 2.33. The number of hydrogen-bond donors (Lipinski definition) is 1. The van der Waals surface area contributed by atoms with Gasteiger partial charge in [-0.2, -0.15) is 13.2 Å². The van der Waals surface area contributed by atoms with Crippen molar-refractivity contribution in [2.45, 2.75) is 13.1 Å². The Morgan fingerprint density at radius 1 is 1.05 bits per heavy atom. The van der Waals surface area contributed by atoms with E-state index >= 15 is 0 Å². The van der Waals surface area contributed by atoms with Gasteiger partial charge < -0.3 is 5.73 Å². The van der Waals surface area contributed by atoms with Gasteiger partial charge in [-0.15, -0.1) is 0 Å². The highest BCUT2D eigenvalue weighted by molar-refractivity contribution is 5.81. The lowest BCUT2D eigenvalue weighted by molar-refractivity contribution is -0.137. The van der Waals surface area contributed by atoms with Crippen molar-refractivity contribution in [2.24, 2.45) is 0 Å². The third-order valence-corrected chi connectivity index (χ3v) is 3.29. The van der Waals surface area contributed by atoms with Gasteiger partial charge in [0.2, 0.25) is 5.95 Å². The average molecular weight is 291 g/mol. The molecule has 2 aromatic carbocycles. The highest BCUT2D eigenvalue weighted by atomic mass is 19.4. The van der Waals surface area contributed by atoms with Crippen LogP contribution in [-0.4, -0.2) is 9.55 Å². The van der Waals surface area contributed by atoms with Crippen LogP contribution in [0, 0.1) is 6.92 Å². The molecule has 0 unspecified atom stereocenters. The van der Waals surface area contributed by atoms with Crippen LogP contribution in [0.5, 0.6) is 0 Å². The molecule has 0 radical (unpaired) electrons. The molecular formula is C15H12F3N3. The Morgan fingerprint density at radius 3 is 2.33 bits per heavy atom. The van der Waals surface area contributed by atoms with Crippen molar-refractivity contribution >= 4 is 17.0 Å². The van der Waals surface area contributed by atoms with Crippen LogP contribution >= 0.6 is 0 Å². The van der Waals surface area contributed by atoms with Crippen molar-refractivity contribution in [1.29, 1.82) is 0 Å². The van der Waals surface area contributed by atoms with E-state index in [1.807, 2.05) is 25.1 Å². The minimum Gasteiger partial charge on any atom is -0.369 e. The lowest BCUT2D eigenvalue weighted by atomic mass is 10.2. The van der Waals surface area contributed by atoms with E-state index in [0.717, 1.165) is 23.2 Å². The minimum atomic E-state index is -4.35. The summed E-state index contributed by atoms with van der Waals surface area (Å²) in [5.74, 6) is 0.246. The van der Waals surface area contributed by atoms with Gasteiger partial charge in [-0.25, -0.2) is 4.98 Å². The number of aromatic nitrogens is 2. The topological polar surface area (TPSA) is 43.8 Å². The van der Waals surface area contributed by atoms with Gasteiger partial charge in [-0.3, -0.25) is 4.57 Å². The van der Waals surface area contributed by atoms with Crippen LogP contribution in [0.1, 0.15) is 11.1 Å². The second-order valence-corrected chi connectivity index (χ2v) is 4.84. The van der Waals surface area contributed by atoms with Crippen LogP contribution in [-0.2, 0) is 6.18 Å². The van der Waals surface area contributed by atoms with Crippen molar-refractivity contribution in [3.8, 4) is 5.69 Å². The Hall–Kier alpha value is -2.50. The molecule has 0 saturated carbocycles. The van der Waals surface area contributed by atoms with Gasteiger partial charge in [0.1, 0.15) is 0 Å². The second-order valence-electron chi connectivity index (χ2n) is 4.84. The standard InChI is InChI=1S/C15H12F3N3/c1-9-2-7-12-13(8-9)21(14(19)20-12)11-5-3-10(4-6-11)15(16,17)18/h2-8H,1H3,(H2,19,20). The molecule has 0 aliphatic carbocycles. The highest BCUT2D eigenvalue weighted by Crippen LogP contribution is 2.31. The van der Waals surface area contributed by atoms with Gasteiger partial charge in [-0.05, 0) is 48.9 Å². The predicted octanol–water partition coefficient (Wildman–Crippen LogP) is 3.93. The fourth-order valence-corrected chi connectivity index (χ4v) is 2.27. The average Bonchev–Trinajstić information content (AvgIpc) is 2.73. The number of nitrogens with two attached hydrogens (primary N) is 1. The number of rotatable bonds is 1. The number of imidazole rings is 1. The normalized spacial score (nSPS) is 12.0. The van der Waals surface area contributed by atoms with E-state index in [1.54, 1.807) is 4.57 Å². The first-order chi connectivity index (χ1) is 9.86. The number of benzene rings is 2. The summed E-state index contributed by atoms with van der Waals surface area (Å²) in [6.07, 6.45) is -4.35. The van der Waals surface area contributed by atoms with Crippen molar-refractivity contribution < 1.29 is 13.2 Å². The van der Waals surface area contributed by atoms with Crippen LogP contribution in [0.4, 0.5) is 19.1 Å². The molecule has 1 heterocycles. The van der Waals surface area contributed by atoms with E-state index in [9.17, 15) is 13.2 Å². The quantitative estimate of drug-likeness (QED) is 0.738. The van der Waals surface area contributed by atoms with Crippen LogP contribution in [0.3, 0.4) is 0 Å². The molecule has 0 fully saturated rings. The molecule has 3 rings (SSSR count).